The van der Waals surface area contributed by atoms with Crippen LogP contribution in [0.4, 0.5) is 4.39 Å². The van der Waals surface area contributed by atoms with E-state index in [1.165, 1.54) is 12.1 Å². The van der Waals surface area contributed by atoms with Crippen molar-refractivity contribution in [2.45, 2.75) is 11.8 Å². The fourth-order valence-electron chi connectivity index (χ4n) is 3.85. The molecule has 0 saturated heterocycles. The van der Waals surface area contributed by atoms with Crippen LogP contribution in [-0.2, 0) is 0 Å². The number of hydrogen-bond donors (Lipinski definition) is 0. The summed E-state index contributed by atoms with van der Waals surface area (Å²) in [5, 5.41) is 0. The normalized spacial score (nSPS) is 18.3. The van der Waals surface area contributed by atoms with Crippen molar-refractivity contribution in [3.05, 3.63) is 94.8 Å². The Kier molecular flexibility index (Phi) is 4.40. The van der Waals surface area contributed by atoms with Gasteiger partial charge in [0, 0.05) is 11.5 Å². The molecule has 4 heteroatoms. The SMILES string of the molecule is COc1ccc([C@@H]2C(=O)c3ccc(OC)cc3[C@H]2c2ccc(F)cc2)cc1. The molecule has 1 aliphatic rings. The molecular weight excluding hydrogens is 343 g/mol. The molecule has 0 bridgehead atoms. The quantitative estimate of drug-likeness (QED) is 0.658. The predicted molar refractivity (Wildman–Crippen MR) is 101 cm³/mol. The van der Waals surface area contributed by atoms with E-state index < -0.39 is 0 Å². The number of carbonyl (C=O) groups excluding carboxylic acids is 1. The van der Waals surface area contributed by atoms with E-state index >= 15 is 0 Å². The Labute approximate surface area is 157 Å². The summed E-state index contributed by atoms with van der Waals surface area (Å²) in [5.41, 5.74) is 3.40. The molecule has 0 fully saturated rings. The predicted octanol–water partition coefficient (Wildman–Crippen LogP) is 4.95. The summed E-state index contributed by atoms with van der Waals surface area (Å²) in [5.74, 6) is 0.632. The first-order valence-corrected chi connectivity index (χ1v) is 8.74. The van der Waals surface area contributed by atoms with Gasteiger partial charge in [-0.3, -0.25) is 4.79 Å². The molecule has 0 heterocycles. The minimum absolute atomic E-state index is 0.0622. The van der Waals surface area contributed by atoms with Crippen LogP contribution < -0.4 is 9.47 Å². The van der Waals surface area contributed by atoms with Crippen LogP contribution in [0.1, 0.15) is 38.9 Å². The first-order chi connectivity index (χ1) is 13.1. The van der Waals surface area contributed by atoms with Crippen LogP contribution in [0.15, 0.2) is 66.7 Å². The third-order valence-electron chi connectivity index (χ3n) is 5.18. The number of benzene rings is 3. The van der Waals surface area contributed by atoms with E-state index in [1.807, 2.05) is 36.4 Å². The van der Waals surface area contributed by atoms with E-state index in [2.05, 4.69) is 0 Å². The van der Waals surface area contributed by atoms with E-state index in [9.17, 15) is 9.18 Å². The van der Waals surface area contributed by atoms with Crippen molar-refractivity contribution in [3.8, 4) is 11.5 Å². The van der Waals surface area contributed by atoms with Gasteiger partial charge in [-0.05, 0) is 59.2 Å². The number of halogens is 1. The molecule has 0 spiro atoms. The summed E-state index contributed by atoms with van der Waals surface area (Å²) in [7, 11) is 3.21. The maximum absolute atomic E-state index is 13.5. The van der Waals surface area contributed by atoms with Crippen molar-refractivity contribution in [1.29, 1.82) is 0 Å². The summed E-state index contributed by atoms with van der Waals surface area (Å²) < 4.78 is 24.1. The number of hydrogen-bond acceptors (Lipinski definition) is 3. The molecule has 136 valence electrons. The van der Waals surface area contributed by atoms with Gasteiger partial charge >= 0.3 is 0 Å². The first-order valence-electron chi connectivity index (χ1n) is 8.74. The van der Waals surface area contributed by atoms with E-state index in [0.29, 0.717) is 11.3 Å². The number of ketones is 1. The van der Waals surface area contributed by atoms with Crippen LogP contribution in [0.2, 0.25) is 0 Å². The zero-order valence-corrected chi connectivity index (χ0v) is 15.1. The molecule has 0 unspecified atom stereocenters. The maximum Gasteiger partial charge on any atom is 0.171 e. The highest BCUT2D eigenvalue weighted by molar-refractivity contribution is 6.07. The van der Waals surface area contributed by atoms with Crippen molar-refractivity contribution < 1.29 is 18.7 Å². The highest BCUT2D eigenvalue weighted by Gasteiger charge is 2.41. The van der Waals surface area contributed by atoms with E-state index in [1.54, 1.807) is 32.4 Å². The smallest absolute Gasteiger partial charge is 0.171 e. The summed E-state index contributed by atoms with van der Waals surface area (Å²) in [6.45, 7) is 0. The molecule has 2 atom stereocenters. The Bertz CT molecular complexity index is 978. The highest BCUT2D eigenvalue weighted by Crippen LogP contribution is 2.48. The van der Waals surface area contributed by atoms with Crippen molar-refractivity contribution in [2.75, 3.05) is 14.2 Å². The van der Waals surface area contributed by atoms with Crippen LogP contribution in [0.25, 0.3) is 0 Å². The van der Waals surface area contributed by atoms with Gasteiger partial charge in [0.05, 0.1) is 20.1 Å². The molecule has 0 aromatic heterocycles. The fraction of sp³-hybridized carbons (Fsp3) is 0.174. The van der Waals surface area contributed by atoms with Crippen LogP contribution >= 0.6 is 0 Å². The Morgan fingerprint density at radius 2 is 1.30 bits per heavy atom. The summed E-state index contributed by atoms with van der Waals surface area (Å²) >= 11 is 0. The van der Waals surface area contributed by atoms with Gasteiger partial charge < -0.3 is 9.47 Å². The van der Waals surface area contributed by atoms with Gasteiger partial charge in [0.15, 0.2) is 5.78 Å². The molecule has 0 amide bonds. The zero-order valence-electron chi connectivity index (χ0n) is 15.1. The molecule has 4 rings (SSSR count). The Hall–Kier alpha value is -3.14. The van der Waals surface area contributed by atoms with Gasteiger partial charge in [-0.1, -0.05) is 24.3 Å². The minimum Gasteiger partial charge on any atom is -0.497 e. The molecular formula is C23H19FO3. The number of methoxy groups -OCH3 is 2. The standard InChI is InChI=1S/C23H19FO3/c1-26-17-9-5-15(6-10-17)22-21(14-3-7-16(24)8-4-14)20-13-18(27-2)11-12-19(20)23(22)25/h3-13,21-22H,1-2H3/t21-,22+/m1/s1. The van der Waals surface area contributed by atoms with Gasteiger partial charge in [-0.2, -0.15) is 0 Å². The number of rotatable bonds is 4. The van der Waals surface area contributed by atoms with Gasteiger partial charge in [0.1, 0.15) is 17.3 Å². The lowest BCUT2D eigenvalue weighted by atomic mass is 9.81. The largest absolute Gasteiger partial charge is 0.497 e. The molecule has 1 aliphatic carbocycles. The van der Waals surface area contributed by atoms with E-state index in [4.69, 9.17) is 9.47 Å². The molecule has 0 N–H and O–H groups in total. The maximum atomic E-state index is 13.5. The highest BCUT2D eigenvalue weighted by atomic mass is 19.1. The first kappa shape index (κ1) is 17.3. The van der Waals surface area contributed by atoms with Crippen LogP contribution in [0.3, 0.4) is 0 Å². The lowest BCUT2D eigenvalue weighted by molar-refractivity contribution is 0.0968. The molecule has 0 radical (unpaired) electrons. The lowest BCUT2D eigenvalue weighted by Crippen LogP contribution is -2.13. The topological polar surface area (TPSA) is 35.5 Å². The Balaban J connectivity index is 1.87. The lowest BCUT2D eigenvalue weighted by Gasteiger charge is -2.21. The molecule has 3 aromatic rings. The monoisotopic (exact) mass is 362 g/mol. The molecule has 3 nitrogen and oxygen atoms in total. The van der Waals surface area contributed by atoms with Gasteiger partial charge in [0.2, 0.25) is 0 Å². The molecule has 0 saturated carbocycles. The van der Waals surface area contributed by atoms with E-state index in [0.717, 1.165) is 22.4 Å². The second kappa shape index (κ2) is 6.88. The third kappa shape index (κ3) is 2.97. The van der Waals surface area contributed by atoms with E-state index in [-0.39, 0.29) is 23.4 Å². The number of fused-ring (bicyclic) bond motifs is 1. The van der Waals surface area contributed by atoms with Crippen LogP contribution in [-0.4, -0.2) is 20.0 Å². The van der Waals surface area contributed by atoms with Gasteiger partial charge in [-0.25, -0.2) is 4.39 Å². The fourth-order valence-corrected chi connectivity index (χ4v) is 3.85. The van der Waals surface area contributed by atoms with Crippen molar-refractivity contribution >= 4 is 5.78 Å². The average molecular weight is 362 g/mol. The second-order valence-electron chi connectivity index (χ2n) is 6.60. The summed E-state index contributed by atoms with van der Waals surface area (Å²) in [4.78, 5) is 13.3. The number of carbonyl (C=O) groups is 1. The molecule has 0 aliphatic heterocycles. The molecule has 3 aromatic carbocycles. The van der Waals surface area contributed by atoms with Crippen molar-refractivity contribution in [2.24, 2.45) is 0 Å². The van der Waals surface area contributed by atoms with Crippen molar-refractivity contribution in [1.82, 2.24) is 0 Å². The number of Topliss-reactive ketones (excluding diaryl/α,β-unsaturated/α-hetero) is 1. The van der Waals surface area contributed by atoms with Gasteiger partial charge in [-0.15, -0.1) is 0 Å². The molecule has 27 heavy (non-hydrogen) atoms. The summed E-state index contributed by atoms with van der Waals surface area (Å²) in [6, 6.07) is 19.4. The van der Waals surface area contributed by atoms with Crippen LogP contribution in [0.5, 0.6) is 11.5 Å². The Morgan fingerprint density at radius 3 is 1.93 bits per heavy atom. The van der Waals surface area contributed by atoms with Crippen LogP contribution in [0, 0.1) is 5.82 Å². The summed E-state index contributed by atoms with van der Waals surface area (Å²) in [6.07, 6.45) is 0. The third-order valence-corrected chi connectivity index (χ3v) is 5.18. The minimum atomic E-state index is -0.372. The second-order valence-corrected chi connectivity index (χ2v) is 6.60. The van der Waals surface area contributed by atoms with Gasteiger partial charge in [0.25, 0.3) is 0 Å². The average Bonchev–Trinajstić information content (AvgIpc) is 3.00. The zero-order chi connectivity index (χ0) is 19.0. The Morgan fingerprint density at radius 1 is 0.741 bits per heavy atom. The van der Waals surface area contributed by atoms with Crippen molar-refractivity contribution in [3.63, 3.8) is 0 Å². The number of ether oxygens (including phenoxy) is 2.